The number of amides is 1. The van der Waals surface area contributed by atoms with Gasteiger partial charge in [0.2, 0.25) is 0 Å². The molecular formula is C17H22N2O7. The monoisotopic (exact) mass is 366 g/mol. The fourth-order valence-electron chi connectivity index (χ4n) is 3.31. The van der Waals surface area contributed by atoms with E-state index in [4.69, 9.17) is 18.9 Å². The van der Waals surface area contributed by atoms with Crippen LogP contribution in [-0.2, 0) is 9.47 Å². The summed E-state index contributed by atoms with van der Waals surface area (Å²) in [4.78, 5) is 25.4. The predicted octanol–water partition coefficient (Wildman–Crippen LogP) is 1.98. The molecule has 0 atom stereocenters. The summed E-state index contributed by atoms with van der Waals surface area (Å²) >= 11 is 0. The molecule has 9 nitrogen and oxygen atoms in total. The molecule has 1 aromatic carbocycles. The number of carbonyl (C=O) groups excluding carboxylic acids is 1. The largest absolute Gasteiger partial charge is 0.493 e. The van der Waals surface area contributed by atoms with Gasteiger partial charge in [-0.15, -0.1) is 0 Å². The lowest BCUT2D eigenvalue weighted by atomic mass is 10.0. The second-order valence-corrected chi connectivity index (χ2v) is 6.11. The Morgan fingerprint density at radius 2 is 1.92 bits per heavy atom. The molecule has 0 unspecified atom stereocenters. The molecule has 9 heteroatoms. The van der Waals surface area contributed by atoms with Crippen LogP contribution in [0.2, 0.25) is 0 Å². The third-order valence-electron chi connectivity index (χ3n) is 4.63. The third kappa shape index (κ3) is 3.45. The number of methoxy groups -OCH3 is 1. The molecule has 2 aliphatic rings. The van der Waals surface area contributed by atoms with Crippen LogP contribution in [-0.4, -0.2) is 61.5 Å². The van der Waals surface area contributed by atoms with Crippen LogP contribution in [0.15, 0.2) is 12.1 Å². The first-order chi connectivity index (χ1) is 12.5. The van der Waals surface area contributed by atoms with Gasteiger partial charge in [0.1, 0.15) is 5.56 Å². The highest BCUT2D eigenvalue weighted by molar-refractivity contribution is 5.99. The number of likely N-dealkylation sites (tertiary alicyclic amines) is 1. The maximum absolute atomic E-state index is 12.9. The Bertz CT molecular complexity index is 691. The van der Waals surface area contributed by atoms with Crippen molar-refractivity contribution in [3.05, 3.63) is 27.8 Å². The first kappa shape index (κ1) is 18.4. The molecule has 1 spiro atoms. The van der Waals surface area contributed by atoms with Crippen molar-refractivity contribution in [2.45, 2.75) is 25.6 Å². The summed E-state index contributed by atoms with van der Waals surface area (Å²) in [5.74, 6) is -0.495. The Kier molecular flexibility index (Phi) is 5.28. The van der Waals surface area contributed by atoms with Crippen molar-refractivity contribution in [1.29, 1.82) is 0 Å². The van der Waals surface area contributed by atoms with E-state index in [0.717, 1.165) is 0 Å². The van der Waals surface area contributed by atoms with Crippen molar-refractivity contribution in [2.75, 3.05) is 40.0 Å². The number of nitro benzene ring substituents is 1. The molecule has 0 N–H and O–H groups in total. The van der Waals surface area contributed by atoms with Crippen molar-refractivity contribution in [1.82, 2.24) is 4.90 Å². The quantitative estimate of drug-likeness (QED) is 0.580. The van der Waals surface area contributed by atoms with E-state index in [1.165, 1.54) is 19.2 Å². The van der Waals surface area contributed by atoms with Crippen molar-refractivity contribution in [3.8, 4) is 11.5 Å². The summed E-state index contributed by atoms with van der Waals surface area (Å²) in [5, 5.41) is 11.5. The molecule has 2 fully saturated rings. The summed E-state index contributed by atoms with van der Waals surface area (Å²) in [6.45, 7) is 4.01. The minimum absolute atomic E-state index is 0.0143. The number of piperidine rings is 1. The second kappa shape index (κ2) is 7.46. The van der Waals surface area contributed by atoms with E-state index < -0.39 is 16.6 Å². The van der Waals surface area contributed by atoms with Gasteiger partial charge >= 0.3 is 0 Å². The van der Waals surface area contributed by atoms with Gasteiger partial charge in [-0.25, -0.2) is 0 Å². The predicted molar refractivity (Wildman–Crippen MR) is 90.6 cm³/mol. The lowest BCUT2D eigenvalue weighted by Gasteiger charge is -2.37. The summed E-state index contributed by atoms with van der Waals surface area (Å²) in [6, 6.07) is 2.61. The molecule has 1 aromatic rings. The van der Waals surface area contributed by atoms with Crippen LogP contribution in [0, 0.1) is 10.1 Å². The number of hydrogen-bond donors (Lipinski definition) is 0. The van der Waals surface area contributed by atoms with Crippen molar-refractivity contribution in [3.63, 3.8) is 0 Å². The maximum atomic E-state index is 12.9. The van der Waals surface area contributed by atoms with Gasteiger partial charge in [-0.2, -0.15) is 0 Å². The van der Waals surface area contributed by atoms with E-state index in [-0.39, 0.29) is 22.7 Å². The van der Waals surface area contributed by atoms with Gasteiger partial charge in [0.05, 0.1) is 37.9 Å². The van der Waals surface area contributed by atoms with E-state index in [0.29, 0.717) is 45.8 Å². The van der Waals surface area contributed by atoms with Gasteiger partial charge in [0.25, 0.3) is 11.6 Å². The highest BCUT2D eigenvalue weighted by Crippen LogP contribution is 2.37. The normalized spacial score (nSPS) is 18.8. The van der Waals surface area contributed by atoms with Gasteiger partial charge < -0.3 is 23.8 Å². The molecule has 0 bridgehead atoms. The molecule has 26 heavy (non-hydrogen) atoms. The average Bonchev–Trinajstić information content (AvgIpc) is 3.09. The fraction of sp³-hybridized carbons (Fsp3) is 0.588. The van der Waals surface area contributed by atoms with Crippen LogP contribution in [0.4, 0.5) is 5.69 Å². The molecule has 2 heterocycles. The van der Waals surface area contributed by atoms with Gasteiger partial charge in [-0.1, -0.05) is 0 Å². The number of nitro groups is 1. The Morgan fingerprint density at radius 1 is 1.27 bits per heavy atom. The van der Waals surface area contributed by atoms with Crippen LogP contribution < -0.4 is 9.47 Å². The lowest BCUT2D eigenvalue weighted by Crippen LogP contribution is -2.47. The molecule has 0 saturated carbocycles. The zero-order chi connectivity index (χ0) is 18.7. The summed E-state index contributed by atoms with van der Waals surface area (Å²) in [6.07, 6.45) is 1.08. The van der Waals surface area contributed by atoms with Gasteiger partial charge in [0, 0.05) is 32.0 Å². The van der Waals surface area contributed by atoms with Crippen molar-refractivity contribution >= 4 is 11.6 Å². The number of carbonyl (C=O) groups is 1. The Labute approximate surface area is 150 Å². The summed E-state index contributed by atoms with van der Waals surface area (Å²) in [5.41, 5.74) is -0.313. The molecule has 0 aromatic heterocycles. The van der Waals surface area contributed by atoms with Gasteiger partial charge in [0.15, 0.2) is 17.3 Å². The maximum Gasteiger partial charge on any atom is 0.286 e. The molecule has 2 saturated heterocycles. The molecule has 0 aliphatic carbocycles. The van der Waals surface area contributed by atoms with Crippen LogP contribution in [0.3, 0.4) is 0 Å². The van der Waals surface area contributed by atoms with E-state index in [9.17, 15) is 14.9 Å². The van der Waals surface area contributed by atoms with E-state index in [1.54, 1.807) is 11.8 Å². The molecule has 2 aliphatic heterocycles. The van der Waals surface area contributed by atoms with Crippen LogP contribution in [0.1, 0.15) is 30.1 Å². The van der Waals surface area contributed by atoms with E-state index in [1.807, 2.05) is 0 Å². The first-order valence-electron chi connectivity index (χ1n) is 8.56. The number of benzene rings is 1. The average molecular weight is 366 g/mol. The van der Waals surface area contributed by atoms with E-state index >= 15 is 0 Å². The molecule has 3 rings (SSSR count). The zero-order valence-electron chi connectivity index (χ0n) is 14.9. The Balaban J connectivity index is 1.85. The number of rotatable bonds is 5. The van der Waals surface area contributed by atoms with Gasteiger partial charge in [-0.05, 0) is 6.92 Å². The summed E-state index contributed by atoms with van der Waals surface area (Å²) in [7, 11) is 1.43. The topological polar surface area (TPSA) is 100 Å². The lowest BCUT2D eigenvalue weighted by molar-refractivity contribution is -0.385. The van der Waals surface area contributed by atoms with Crippen molar-refractivity contribution < 1.29 is 28.7 Å². The third-order valence-corrected chi connectivity index (χ3v) is 4.63. The molecule has 0 radical (unpaired) electrons. The van der Waals surface area contributed by atoms with E-state index in [2.05, 4.69) is 0 Å². The van der Waals surface area contributed by atoms with Crippen LogP contribution in [0.5, 0.6) is 11.5 Å². The highest BCUT2D eigenvalue weighted by Gasteiger charge is 2.41. The minimum Gasteiger partial charge on any atom is -0.493 e. The highest BCUT2D eigenvalue weighted by atomic mass is 16.7. The fourth-order valence-corrected chi connectivity index (χ4v) is 3.31. The molecule has 142 valence electrons. The zero-order valence-corrected chi connectivity index (χ0v) is 14.9. The molecule has 1 amide bonds. The first-order valence-corrected chi connectivity index (χ1v) is 8.56. The minimum atomic E-state index is -0.612. The molecular weight excluding hydrogens is 344 g/mol. The second-order valence-electron chi connectivity index (χ2n) is 6.11. The van der Waals surface area contributed by atoms with Gasteiger partial charge in [-0.3, -0.25) is 14.9 Å². The van der Waals surface area contributed by atoms with Crippen molar-refractivity contribution in [2.24, 2.45) is 0 Å². The van der Waals surface area contributed by atoms with Crippen LogP contribution >= 0.6 is 0 Å². The standard InChI is InChI=1S/C17H22N2O7/c1-3-24-15-11-13(19(21)22)12(10-14(15)23-2)16(20)18-6-4-17(5-7-18)25-8-9-26-17/h10-11H,3-9H2,1-2H3. The SMILES string of the molecule is CCOc1cc([N+](=O)[O-])c(C(=O)N2CCC3(CC2)OCCO3)cc1OC. The Morgan fingerprint density at radius 3 is 2.46 bits per heavy atom. The van der Waals surface area contributed by atoms with Crippen LogP contribution in [0.25, 0.3) is 0 Å². The number of nitrogens with zero attached hydrogens (tertiary/aromatic N) is 2. The Hall–Kier alpha value is -2.39. The smallest absolute Gasteiger partial charge is 0.286 e. The number of hydrogen-bond acceptors (Lipinski definition) is 7. The summed E-state index contributed by atoms with van der Waals surface area (Å²) < 4.78 is 21.9. The number of ether oxygens (including phenoxy) is 4.